The van der Waals surface area contributed by atoms with Gasteiger partial charge >= 0.3 is 0 Å². The molecule has 0 unspecified atom stereocenters. The maximum atomic E-state index is 11.9. The SMILES string of the molecule is O=c1cc[nH]c2ccc(Nc3cccc(-n4cccn4)c3)cc12. The van der Waals surface area contributed by atoms with E-state index in [1.54, 1.807) is 17.1 Å². The zero-order chi connectivity index (χ0) is 15.6. The first-order valence-electron chi connectivity index (χ1n) is 7.28. The van der Waals surface area contributed by atoms with Gasteiger partial charge in [-0.1, -0.05) is 6.07 Å². The molecule has 0 aliphatic heterocycles. The number of hydrogen-bond acceptors (Lipinski definition) is 3. The van der Waals surface area contributed by atoms with Crippen molar-refractivity contribution in [1.82, 2.24) is 14.8 Å². The van der Waals surface area contributed by atoms with Gasteiger partial charge < -0.3 is 10.3 Å². The van der Waals surface area contributed by atoms with Gasteiger partial charge in [-0.3, -0.25) is 4.79 Å². The molecule has 0 saturated heterocycles. The molecule has 5 heteroatoms. The third kappa shape index (κ3) is 2.60. The Balaban J connectivity index is 1.69. The molecule has 0 radical (unpaired) electrons. The molecule has 2 aromatic carbocycles. The van der Waals surface area contributed by atoms with Crippen LogP contribution in [0.15, 0.2) is 78.0 Å². The zero-order valence-electron chi connectivity index (χ0n) is 12.2. The molecule has 0 bridgehead atoms. The van der Waals surface area contributed by atoms with Crippen LogP contribution in [0.5, 0.6) is 0 Å². The van der Waals surface area contributed by atoms with E-state index < -0.39 is 0 Å². The Kier molecular flexibility index (Phi) is 3.16. The molecule has 0 spiro atoms. The van der Waals surface area contributed by atoms with Crippen LogP contribution in [-0.2, 0) is 0 Å². The van der Waals surface area contributed by atoms with Crippen LogP contribution in [0.2, 0.25) is 0 Å². The number of pyridine rings is 1. The number of nitrogens with zero attached hydrogens (tertiary/aromatic N) is 2. The van der Waals surface area contributed by atoms with E-state index in [2.05, 4.69) is 15.4 Å². The summed E-state index contributed by atoms with van der Waals surface area (Å²) in [5.41, 5.74) is 3.61. The molecule has 4 aromatic rings. The number of anilines is 2. The van der Waals surface area contributed by atoms with Crippen LogP contribution in [0.1, 0.15) is 0 Å². The Bertz CT molecular complexity index is 1020. The molecule has 2 N–H and O–H groups in total. The molecular formula is C18H14N4O. The molecule has 0 aliphatic carbocycles. The Labute approximate surface area is 132 Å². The monoisotopic (exact) mass is 302 g/mol. The summed E-state index contributed by atoms with van der Waals surface area (Å²) < 4.78 is 1.80. The largest absolute Gasteiger partial charge is 0.361 e. The fourth-order valence-corrected chi connectivity index (χ4v) is 2.56. The predicted molar refractivity (Wildman–Crippen MR) is 91.4 cm³/mol. The van der Waals surface area contributed by atoms with Gasteiger partial charge in [-0.05, 0) is 42.5 Å². The highest BCUT2D eigenvalue weighted by Crippen LogP contribution is 2.21. The van der Waals surface area contributed by atoms with Gasteiger partial charge in [-0.2, -0.15) is 5.10 Å². The molecule has 5 nitrogen and oxygen atoms in total. The average Bonchev–Trinajstić information content (AvgIpc) is 3.11. The smallest absolute Gasteiger partial charge is 0.189 e. The number of hydrogen-bond donors (Lipinski definition) is 2. The van der Waals surface area contributed by atoms with Crippen molar-refractivity contribution in [3.63, 3.8) is 0 Å². The molecule has 0 atom stereocenters. The Morgan fingerprint density at radius 1 is 1.00 bits per heavy atom. The van der Waals surface area contributed by atoms with Crippen molar-refractivity contribution in [3.05, 3.63) is 83.4 Å². The normalized spacial score (nSPS) is 10.8. The Morgan fingerprint density at radius 3 is 2.78 bits per heavy atom. The summed E-state index contributed by atoms with van der Waals surface area (Å²) in [6.45, 7) is 0. The van der Waals surface area contributed by atoms with Gasteiger partial charge in [0.1, 0.15) is 0 Å². The van der Waals surface area contributed by atoms with Gasteiger partial charge in [0, 0.05) is 46.9 Å². The zero-order valence-corrected chi connectivity index (χ0v) is 12.2. The summed E-state index contributed by atoms with van der Waals surface area (Å²) in [5, 5.41) is 8.23. The highest BCUT2D eigenvalue weighted by atomic mass is 16.1. The number of aromatic nitrogens is 3. The highest BCUT2D eigenvalue weighted by Gasteiger charge is 2.02. The van der Waals surface area contributed by atoms with Gasteiger partial charge in [-0.25, -0.2) is 4.68 Å². The lowest BCUT2D eigenvalue weighted by Crippen LogP contribution is -2.01. The number of H-pyrrole nitrogens is 1. The second-order valence-electron chi connectivity index (χ2n) is 5.23. The number of aromatic amines is 1. The van der Waals surface area contributed by atoms with Crippen molar-refractivity contribution < 1.29 is 0 Å². The topological polar surface area (TPSA) is 62.7 Å². The maximum absolute atomic E-state index is 11.9. The lowest BCUT2D eigenvalue weighted by atomic mass is 10.2. The summed E-state index contributed by atoms with van der Waals surface area (Å²) in [4.78, 5) is 15.0. The molecule has 0 saturated carbocycles. The molecular weight excluding hydrogens is 288 g/mol. The Hall–Kier alpha value is -3.34. The fraction of sp³-hybridized carbons (Fsp3) is 0. The molecule has 2 aromatic heterocycles. The minimum Gasteiger partial charge on any atom is -0.361 e. The maximum Gasteiger partial charge on any atom is 0.189 e. The van der Waals surface area contributed by atoms with Crippen LogP contribution < -0.4 is 10.7 Å². The molecule has 0 fully saturated rings. The van der Waals surface area contributed by atoms with E-state index in [1.165, 1.54) is 6.07 Å². The van der Waals surface area contributed by atoms with Crippen molar-refractivity contribution in [3.8, 4) is 5.69 Å². The summed E-state index contributed by atoms with van der Waals surface area (Å²) in [5.74, 6) is 0. The van der Waals surface area contributed by atoms with Crippen LogP contribution in [0, 0.1) is 0 Å². The summed E-state index contributed by atoms with van der Waals surface area (Å²) in [6.07, 6.45) is 5.30. The number of benzene rings is 2. The van der Waals surface area contributed by atoms with E-state index in [4.69, 9.17) is 0 Å². The molecule has 0 amide bonds. The quantitative estimate of drug-likeness (QED) is 0.609. The van der Waals surface area contributed by atoms with Crippen LogP contribution in [0.25, 0.3) is 16.6 Å². The van der Waals surface area contributed by atoms with E-state index in [-0.39, 0.29) is 5.43 Å². The van der Waals surface area contributed by atoms with Crippen LogP contribution in [0.3, 0.4) is 0 Å². The minimum atomic E-state index is 0.00712. The van der Waals surface area contributed by atoms with E-state index in [0.29, 0.717) is 5.39 Å². The number of fused-ring (bicyclic) bond motifs is 1. The van der Waals surface area contributed by atoms with Gasteiger partial charge in [0.15, 0.2) is 5.43 Å². The summed E-state index contributed by atoms with van der Waals surface area (Å²) in [6, 6.07) is 17.1. The minimum absolute atomic E-state index is 0.00712. The average molecular weight is 302 g/mol. The lowest BCUT2D eigenvalue weighted by Gasteiger charge is -2.09. The summed E-state index contributed by atoms with van der Waals surface area (Å²) in [7, 11) is 0. The fourth-order valence-electron chi connectivity index (χ4n) is 2.56. The van der Waals surface area contributed by atoms with Gasteiger partial charge in [0.25, 0.3) is 0 Å². The molecule has 2 heterocycles. The van der Waals surface area contributed by atoms with Crippen molar-refractivity contribution in [2.24, 2.45) is 0 Å². The van der Waals surface area contributed by atoms with E-state index >= 15 is 0 Å². The first-order chi connectivity index (χ1) is 11.3. The van der Waals surface area contributed by atoms with Crippen LogP contribution >= 0.6 is 0 Å². The third-order valence-electron chi connectivity index (χ3n) is 3.66. The summed E-state index contributed by atoms with van der Waals surface area (Å²) >= 11 is 0. The first-order valence-corrected chi connectivity index (χ1v) is 7.28. The van der Waals surface area contributed by atoms with Crippen LogP contribution in [0.4, 0.5) is 11.4 Å². The van der Waals surface area contributed by atoms with Crippen molar-refractivity contribution in [2.75, 3.05) is 5.32 Å². The highest BCUT2D eigenvalue weighted by molar-refractivity contribution is 5.83. The standard InChI is InChI=1S/C18H14N4O/c23-18-7-9-19-17-6-5-14(12-16(17)18)21-13-3-1-4-15(11-13)22-10-2-8-20-22/h1-12,21H,(H,19,23). The number of nitrogens with one attached hydrogen (secondary N) is 2. The van der Waals surface area contributed by atoms with Gasteiger partial charge in [-0.15, -0.1) is 0 Å². The molecule has 23 heavy (non-hydrogen) atoms. The first kappa shape index (κ1) is 13.3. The van der Waals surface area contributed by atoms with Gasteiger partial charge in [0.05, 0.1) is 5.69 Å². The van der Waals surface area contributed by atoms with Crippen LogP contribution in [-0.4, -0.2) is 14.8 Å². The van der Waals surface area contributed by atoms with E-state index in [0.717, 1.165) is 22.6 Å². The lowest BCUT2D eigenvalue weighted by molar-refractivity contribution is 0.881. The second kappa shape index (κ2) is 5.46. The van der Waals surface area contributed by atoms with Crippen molar-refractivity contribution in [2.45, 2.75) is 0 Å². The molecule has 0 aliphatic rings. The van der Waals surface area contributed by atoms with Gasteiger partial charge in [0.2, 0.25) is 0 Å². The molecule has 4 rings (SSSR count). The van der Waals surface area contributed by atoms with Crippen molar-refractivity contribution in [1.29, 1.82) is 0 Å². The Morgan fingerprint density at radius 2 is 1.91 bits per heavy atom. The third-order valence-corrected chi connectivity index (χ3v) is 3.66. The number of rotatable bonds is 3. The van der Waals surface area contributed by atoms with Crippen molar-refractivity contribution >= 4 is 22.3 Å². The molecule has 112 valence electrons. The van der Waals surface area contributed by atoms with E-state index in [1.807, 2.05) is 54.7 Å². The second-order valence-corrected chi connectivity index (χ2v) is 5.23. The predicted octanol–water partition coefficient (Wildman–Crippen LogP) is 3.46. The van der Waals surface area contributed by atoms with E-state index in [9.17, 15) is 4.79 Å².